The van der Waals surface area contributed by atoms with E-state index in [2.05, 4.69) is 23.3 Å². The fourth-order valence-electron chi connectivity index (χ4n) is 1.54. The van der Waals surface area contributed by atoms with Gasteiger partial charge >= 0.3 is 5.97 Å². The van der Waals surface area contributed by atoms with Gasteiger partial charge in [0.05, 0.1) is 0 Å². The van der Waals surface area contributed by atoms with Gasteiger partial charge in [-0.3, -0.25) is 4.90 Å². The Morgan fingerprint density at radius 2 is 2.35 bits per heavy atom. The van der Waals surface area contributed by atoms with Crippen molar-refractivity contribution in [1.82, 2.24) is 4.90 Å². The molecule has 3 nitrogen and oxygen atoms in total. The standard InChI is InChI=1S/C13H19NO2S/c1-4-11(13(15)16)7-8-14(3)10(2)12-6-5-9-17-12/h5-7,9-10H,4,8H2,1-3H3,(H,15,16). The predicted molar refractivity (Wildman–Crippen MR) is 71.4 cm³/mol. The van der Waals surface area contributed by atoms with Gasteiger partial charge in [0, 0.05) is 23.0 Å². The van der Waals surface area contributed by atoms with Crippen LogP contribution in [0.15, 0.2) is 29.2 Å². The topological polar surface area (TPSA) is 40.5 Å². The summed E-state index contributed by atoms with van der Waals surface area (Å²) in [5.74, 6) is -0.815. The predicted octanol–water partition coefficient (Wildman–Crippen LogP) is 3.16. The third-order valence-electron chi connectivity index (χ3n) is 2.90. The number of carbonyl (C=O) groups is 1. The molecule has 0 aromatic carbocycles. The van der Waals surface area contributed by atoms with Crippen LogP contribution in [-0.2, 0) is 4.79 Å². The Bertz CT molecular complexity index is 384. The highest BCUT2D eigenvalue weighted by molar-refractivity contribution is 7.10. The van der Waals surface area contributed by atoms with Crippen LogP contribution in [0.1, 0.15) is 31.2 Å². The molecule has 0 aliphatic rings. The van der Waals surface area contributed by atoms with Gasteiger partial charge in [0.15, 0.2) is 0 Å². The van der Waals surface area contributed by atoms with Crippen molar-refractivity contribution in [2.24, 2.45) is 0 Å². The van der Waals surface area contributed by atoms with Crippen molar-refractivity contribution >= 4 is 17.3 Å². The Labute approximate surface area is 106 Å². The molecule has 1 aromatic rings. The molecule has 4 heteroatoms. The SMILES string of the molecule is CCC(=CCN(C)C(C)c1cccs1)C(=O)O. The summed E-state index contributed by atoms with van der Waals surface area (Å²) in [6, 6.07) is 4.46. The van der Waals surface area contributed by atoms with E-state index in [4.69, 9.17) is 5.11 Å². The van der Waals surface area contributed by atoms with Crippen LogP contribution in [0.25, 0.3) is 0 Å². The minimum Gasteiger partial charge on any atom is -0.478 e. The average Bonchev–Trinajstić information content (AvgIpc) is 2.81. The highest BCUT2D eigenvalue weighted by Crippen LogP contribution is 2.23. The van der Waals surface area contributed by atoms with E-state index >= 15 is 0 Å². The molecule has 17 heavy (non-hydrogen) atoms. The van der Waals surface area contributed by atoms with Gasteiger partial charge in [-0.15, -0.1) is 11.3 Å². The van der Waals surface area contributed by atoms with Crippen LogP contribution in [-0.4, -0.2) is 29.6 Å². The highest BCUT2D eigenvalue weighted by atomic mass is 32.1. The Hall–Kier alpha value is -1.13. The normalized spacial score (nSPS) is 14.0. The maximum absolute atomic E-state index is 10.9. The van der Waals surface area contributed by atoms with Crippen molar-refractivity contribution in [2.45, 2.75) is 26.3 Å². The minimum absolute atomic E-state index is 0.318. The summed E-state index contributed by atoms with van der Waals surface area (Å²) in [6.07, 6.45) is 2.36. The molecule has 94 valence electrons. The molecule has 0 bridgehead atoms. The molecule has 1 N–H and O–H groups in total. The fourth-order valence-corrected chi connectivity index (χ4v) is 2.39. The monoisotopic (exact) mass is 253 g/mol. The van der Waals surface area contributed by atoms with E-state index in [0.29, 0.717) is 24.6 Å². The Morgan fingerprint density at radius 1 is 1.65 bits per heavy atom. The smallest absolute Gasteiger partial charge is 0.331 e. The highest BCUT2D eigenvalue weighted by Gasteiger charge is 2.12. The van der Waals surface area contributed by atoms with Crippen LogP contribution in [0.5, 0.6) is 0 Å². The van der Waals surface area contributed by atoms with Crippen LogP contribution in [0.4, 0.5) is 0 Å². The summed E-state index contributed by atoms with van der Waals surface area (Å²) >= 11 is 1.73. The lowest BCUT2D eigenvalue weighted by molar-refractivity contribution is -0.132. The van der Waals surface area contributed by atoms with Gasteiger partial charge in [-0.25, -0.2) is 4.79 Å². The average molecular weight is 253 g/mol. The quantitative estimate of drug-likeness (QED) is 0.792. The second-order valence-electron chi connectivity index (χ2n) is 4.02. The molecule has 0 fully saturated rings. The van der Waals surface area contributed by atoms with E-state index in [1.165, 1.54) is 4.88 Å². The molecule has 0 saturated carbocycles. The third kappa shape index (κ3) is 3.98. The molecule has 1 unspecified atom stereocenters. The van der Waals surface area contributed by atoms with Crippen molar-refractivity contribution < 1.29 is 9.90 Å². The lowest BCUT2D eigenvalue weighted by Crippen LogP contribution is -2.22. The van der Waals surface area contributed by atoms with E-state index in [1.807, 2.05) is 20.0 Å². The number of hydrogen-bond donors (Lipinski definition) is 1. The third-order valence-corrected chi connectivity index (χ3v) is 3.94. The summed E-state index contributed by atoms with van der Waals surface area (Å²) in [5.41, 5.74) is 0.482. The lowest BCUT2D eigenvalue weighted by atomic mass is 10.2. The Kier molecular flexibility index (Phi) is 5.38. The van der Waals surface area contributed by atoms with E-state index in [9.17, 15) is 4.79 Å². The zero-order valence-corrected chi connectivity index (χ0v) is 11.3. The molecule has 1 atom stereocenters. The number of hydrogen-bond acceptors (Lipinski definition) is 3. The summed E-state index contributed by atoms with van der Waals surface area (Å²) in [6.45, 7) is 4.66. The number of likely N-dealkylation sites (N-methyl/N-ethyl adjacent to an activating group) is 1. The molecule has 0 aliphatic carbocycles. The molecule has 1 heterocycles. The molecule has 0 radical (unpaired) electrons. The zero-order valence-electron chi connectivity index (χ0n) is 10.5. The largest absolute Gasteiger partial charge is 0.478 e. The van der Waals surface area contributed by atoms with Gasteiger partial charge in [-0.05, 0) is 31.8 Å². The number of carboxylic acid groups (broad SMARTS) is 1. The molecule has 1 rings (SSSR count). The molecule has 0 spiro atoms. The maximum Gasteiger partial charge on any atom is 0.331 e. The first-order valence-corrected chi connectivity index (χ1v) is 6.60. The summed E-state index contributed by atoms with van der Waals surface area (Å²) in [4.78, 5) is 14.3. The number of carboxylic acids is 1. The van der Waals surface area contributed by atoms with Gasteiger partial charge < -0.3 is 5.11 Å². The molecule has 0 aliphatic heterocycles. The van der Waals surface area contributed by atoms with E-state index in [0.717, 1.165) is 0 Å². The van der Waals surface area contributed by atoms with E-state index in [1.54, 1.807) is 17.4 Å². The fraction of sp³-hybridized carbons (Fsp3) is 0.462. The van der Waals surface area contributed by atoms with Crippen LogP contribution in [0.3, 0.4) is 0 Å². The maximum atomic E-state index is 10.9. The summed E-state index contributed by atoms with van der Waals surface area (Å²) in [7, 11) is 2.01. The van der Waals surface area contributed by atoms with Gasteiger partial charge in [0.25, 0.3) is 0 Å². The lowest BCUT2D eigenvalue weighted by Gasteiger charge is -2.22. The van der Waals surface area contributed by atoms with Crippen LogP contribution >= 0.6 is 11.3 Å². The van der Waals surface area contributed by atoms with Crippen LogP contribution < -0.4 is 0 Å². The second-order valence-corrected chi connectivity index (χ2v) is 5.00. The van der Waals surface area contributed by atoms with Crippen LogP contribution in [0, 0.1) is 0 Å². The van der Waals surface area contributed by atoms with Crippen molar-refractivity contribution in [3.05, 3.63) is 34.0 Å². The number of thiophene rings is 1. The minimum atomic E-state index is -0.815. The van der Waals surface area contributed by atoms with Gasteiger partial charge in [0.1, 0.15) is 0 Å². The Morgan fingerprint density at radius 3 is 2.82 bits per heavy atom. The number of rotatable bonds is 6. The van der Waals surface area contributed by atoms with Gasteiger partial charge in [0.2, 0.25) is 0 Å². The number of aliphatic carboxylic acids is 1. The summed E-state index contributed by atoms with van der Waals surface area (Å²) in [5, 5.41) is 11.0. The van der Waals surface area contributed by atoms with Gasteiger partial charge in [-0.2, -0.15) is 0 Å². The Balaban J connectivity index is 2.60. The first-order chi connectivity index (χ1) is 8.06. The molecule has 0 amide bonds. The first kappa shape index (κ1) is 13.9. The van der Waals surface area contributed by atoms with E-state index < -0.39 is 5.97 Å². The molecule has 1 aromatic heterocycles. The summed E-state index contributed by atoms with van der Waals surface area (Å²) < 4.78 is 0. The van der Waals surface area contributed by atoms with Crippen molar-refractivity contribution in [2.75, 3.05) is 13.6 Å². The second kappa shape index (κ2) is 6.57. The van der Waals surface area contributed by atoms with Crippen molar-refractivity contribution in [3.63, 3.8) is 0 Å². The molecular formula is C13H19NO2S. The zero-order chi connectivity index (χ0) is 12.8. The number of nitrogens with zero attached hydrogens (tertiary/aromatic N) is 1. The first-order valence-electron chi connectivity index (χ1n) is 5.72. The van der Waals surface area contributed by atoms with Crippen molar-refractivity contribution in [1.29, 1.82) is 0 Å². The van der Waals surface area contributed by atoms with Crippen molar-refractivity contribution in [3.8, 4) is 0 Å². The van der Waals surface area contributed by atoms with Crippen LogP contribution in [0.2, 0.25) is 0 Å². The molecular weight excluding hydrogens is 234 g/mol. The van der Waals surface area contributed by atoms with Gasteiger partial charge in [-0.1, -0.05) is 19.1 Å². The van der Waals surface area contributed by atoms with E-state index in [-0.39, 0.29) is 0 Å². The molecule has 0 saturated heterocycles.